The maximum absolute atomic E-state index is 11.8. The second kappa shape index (κ2) is 6.59. The van der Waals surface area contributed by atoms with Gasteiger partial charge in [0.2, 0.25) is 10.0 Å². The van der Waals surface area contributed by atoms with Crippen LogP contribution in [0.4, 0.5) is 5.69 Å². The van der Waals surface area contributed by atoms with Crippen molar-refractivity contribution in [1.29, 1.82) is 0 Å². The van der Waals surface area contributed by atoms with Crippen LogP contribution < -0.4 is 0 Å². The molecule has 0 aromatic heterocycles. The lowest BCUT2D eigenvalue weighted by Gasteiger charge is -2.33. The SMILES string of the molecule is CCS(=O)(=O)N1CCN(Cc2cc([N+](=O)[O-])ccc2O)CC1. The van der Waals surface area contributed by atoms with Gasteiger partial charge in [-0.3, -0.25) is 15.0 Å². The van der Waals surface area contributed by atoms with Crippen LogP contribution in [-0.2, 0) is 16.6 Å². The fraction of sp³-hybridized carbons (Fsp3) is 0.538. The molecule has 1 aliphatic heterocycles. The van der Waals surface area contributed by atoms with Gasteiger partial charge in [0.25, 0.3) is 5.69 Å². The average molecular weight is 329 g/mol. The Kier molecular flexibility index (Phi) is 4.99. The van der Waals surface area contributed by atoms with Gasteiger partial charge < -0.3 is 5.11 Å². The van der Waals surface area contributed by atoms with Crippen molar-refractivity contribution >= 4 is 15.7 Å². The summed E-state index contributed by atoms with van der Waals surface area (Å²) < 4.78 is 25.0. The summed E-state index contributed by atoms with van der Waals surface area (Å²) in [5.74, 6) is 0.0905. The lowest BCUT2D eigenvalue weighted by atomic mass is 10.1. The van der Waals surface area contributed by atoms with E-state index < -0.39 is 14.9 Å². The van der Waals surface area contributed by atoms with Crippen LogP contribution in [0.3, 0.4) is 0 Å². The number of nitro groups is 1. The molecule has 0 atom stereocenters. The average Bonchev–Trinajstić information content (AvgIpc) is 2.50. The number of non-ortho nitro benzene ring substituents is 1. The minimum Gasteiger partial charge on any atom is -0.508 e. The van der Waals surface area contributed by atoms with Crippen LogP contribution in [0, 0.1) is 10.1 Å². The number of piperazine rings is 1. The Labute approximate surface area is 129 Å². The van der Waals surface area contributed by atoms with Crippen LogP contribution in [0.2, 0.25) is 0 Å². The molecule has 1 aromatic carbocycles. The van der Waals surface area contributed by atoms with Gasteiger partial charge in [0, 0.05) is 50.4 Å². The quantitative estimate of drug-likeness (QED) is 0.632. The second-order valence-corrected chi connectivity index (χ2v) is 7.40. The van der Waals surface area contributed by atoms with Crippen molar-refractivity contribution in [1.82, 2.24) is 9.21 Å². The molecule has 1 aliphatic rings. The molecule has 1 N–H and O–H groups in total. The summed E-state index contributed by atoms with van der Waals surface area (Å²) in [6.45, 7) is 3.82. The number of nitro benzene ring substituents is 1. The second-order valence-electron chi connectivity index (χ2n) is 5.15. The zero-order valence-corrected chi connectivity index (χ0v) is 13.1. The van der Waals surface area contributed by atoms with E-state index in [-0.39, 0.29) is 17.2 Å². The number of hydrogen-bond donors (Lipinski definition) is 1. The lowest BCUT2D eigenvalue weighted by Crippen LogP contribution is -2.48. The first kappa shape index (κ1) is 16.7. The van der Waals surface area contributed by atoms with E-state index >= 15 is 0 Å². The minimum atomic E-state index is -3.18. The number of benzene rings is 1. The van der Waals surface area contributed by atoms with Crippen LogP contribution in [0.25, 0.3) is 0 Å². The van der Waals surface area contributed by atoms with Crippen molar-refractivity contribution in [2.24, 2.45) is 0 Å². The van der Waals surface area contributed by atoms with E-state index in [1.807, 2.05) is 4.90 Å². The van der Waals surface area contributed by atoms with Gasteiger partial charge in [0.15, 0.2) is 0 Å². The zero-order valence-electron chi connectivity index (χ0n) is 12.3. The van der Waals surface area contributed by atoms with Crippen LogP contribution >= 0.6 is 0 Å². The molecule has 0 aliphatic carbocycles. The van der Waals surface area contributed by atoms with Crippen LogP contribution in [0.5, 0.6) is 5.75 Å². The van der Waals surface area contributed by atoms with Crippen molar-refractivity contribution in [3.05, 3.63) is 33.9 Å². The van der Waals surface area contributed by atoms with Crippen molar-refractivity contribution in [2.45, 2.75) is 13.5 Å². The smallest absolute Gasteiger partial charge is 0.270 e. The number of sulfonamides is 1. The van der Waals surface area contributed by atoms with E-state index in [2.05, 4.69) is 0 Å². The molecule has 9 heteroatoms. The molecule has 0 radical (unpaired) electrons. The highest BCUT2D eigenvalue weighted by Gasteiger charge is 2.26. The van der Waals surface area contributed by atoms with E-state index in [1.165, 1.54) is 22.5 Å². The molecule has 1 saturated heterocycles. The third-order valence-electron chi connectivity index (χ3n) is 3.76. The van der Waals surface area contributed by atoms with Gasteiger partial charge in [-0.05, 0) is 13.0 Å². The summed E-state index contributed by atoms with van der Waals surface area (Å²) in [5.41, 5.74) is 0.404. The van der Waals surface area contributed by atoms with E-state index in [0.717, 1.165) is 0 Å². The largest absolute Gasteiger partial charge is 0.508 e. The molecule has 0 spiro atoms. The normalized spacial score (nSPS) is 17.5. The first-order chi connectivity index (χ1) is 10.3. The maximum atomic E-state index is 11.8. The van der Waals surface area contributed by atoms with E-state index in [9.17, 15) is 23.6 Å². The Hall–Kier alpha value is -1.71. The summed E-state index contributed by atoms with van der Waals surface area (Å²) in [4.78, 5) is 12.2. The zero-order chi connectivity index (χ0) is 16.3. The molecule has 22 heavy (non-hydrogen) atoms. The number of hydrogen-bond acceptors (Lipinski definition) is 6. The van der Waals surface area contributed by atoms with Gasteiger partial charge in [-0.2, -0.15) is 4.31 Å². The number of aromatic hydroxyl groups is 1. The molecule has 2 rings (SSSR count). The summed E-state index contributed by atoms with van der Waals surface area (Å²) >= 11 is 0. The molecule has 0 bridgehead atoms. The molecule has 0 unspecified atom stereocenters. The molecule has 1 heterocycles. The lowest BCUT2D eigenvalue weighted by molar-refractivity contribution is -0.385. The fourth-order valence-electron chi connectivity index (χ4n) is 2.40. The Morgan fingerprint density at radius 2 is 1.91 bits per heavy atom. The summed E-state index contributed by atoms with van der Waals surface area (Å²) in [6, 6.07) is 3.92. The van der Waals surface area contributed by atoms with Crippen molar-refractivity contribution in [3.8, 4) is 5.75 Å². The predicted molar refractivity (Wildman–Crippen MR) is 81.1 cm³/mol. The Morgan fingerprint density at radius 3 is 2.45 bits per heavy atom. The number of nitrogens with zero attached hydrogens (tertiary/aromatic N) is 3. The molecular formula is C13H19N3O5S. The highest BCUT2D eigenvalue weighted by molar-refractivity contribution is 7.89. The van der Waals surface area contributed by atoms with Gasteiger partial charge in [-0.15, -0.1) is 0 Å². The minimum absolute atomic E-state index is 0.00853. The summed E-state index contributed by atoms with van der Waals surface area (Å²) in [6.07, 6.45) is 0. The predicted octanol–water partition coefficient (Wildman–Crippen LogP) is 0.768. The standard InChI is InChI=1S/C13H19N3O5S/c1-2-22(20,21)15-7-5-14(6-8-15)10-11-9-12(16(18)19)3-4-13(11)17/h3-4,9,17H,2,5-8,10H2,1H3. The molecule has 1 fully saturated rings. The Morgan fingerprint density at radius 1 is 1.27 bits per heavy atom. The van der Waals surface area contributed by atoms with E-state index in [4.69, 9.17) is 0 Å². The fourth-order valence-corrected chi connectivity index (χ4v) is 3.49. The first-order valence-electron chi connectivity index (χ1n) is 7.00. The van der Waals surface area contributed by atoms with E-state index in [1.54, 1.807) is 6.92 Å². The van der Waals surface area contributed by atoms with Gasteiger partial charge in [0.1, 0.15) is 5.75 Å². The third kappa shape index (κ3) is 3.73. The molecule has 122 valence electrons. The van der Waals surface area contributed by atoms with Crippen LogP contribution in [0.1, 0.15) is 12.5 Å². The van der Waals surface area contributed by atoms with Crippen molar-refractivity contribution in [2.75, 3.05) is 31.9 Å². The molecular weight excluding hydrogens is 310 g/mol. The van der Waals surface area contributed by atoms with Gasteiger partial charge >= 0.3 is 0 Å². The molecule has 1 aromatic rings. The topological polar surface area (TPSA) is 104 Å². The number of phenols is 1. The highest BCUT2D eigenvalue weighted by Crippen LogP contribution is 2.24. The van der Waals surface area contributed by atoms with E-state index in [0.29, 0.717) is 38.3 Å². The Bertz CT molecular complexity index is 654. The molecule has 0 saturated carbocycles. The van der Waals surface area contributed by atoms with Crippen molar-refractivity contribution < 1.29 is 18.4 Å². The van der Waals surface area contributed by atoms with Crippen LogP contribution in [-0.4, -0.2) is 59.6 Å². The molecule has 8 nitrogen and oxygen atoms in total. The van der Waals surface area contributed by atoms with Crippen LogP contribution in [0.15, 0.2) is 18.2 Å². The number of phenolic OH excluding ortho intramolecular Hbond substituents is 1. The van der Waals surface area contributed by atoms with Gasteiger partial charge in [0.05, 0.1) is 10.7 Å². The molecule has 0 amide bonds. The number of rotatable bonds is 5. The van der Waals surface area contributed by atoms with Crippen molar-refractivity contribution in [3.63, 3.8) is 0 Å². The Balaban J connectivity index is 2.02. The first-order valence-corrected chi connectivity index (χ1v) is 8.61. The summed E-state index contributed by atoms with van der Waals surface area (Å²) in [7, 11) is -3.18. The third-order valence-corrected chi connectivity index (χ3v) is 5.64. The maximum Gasteiger partial charge on any atom is 0.270 e. The van der Waals surface area contributed by atoms with Gasteiger partial charge in [-0.1, -0.05) is 0 Å². The van der Waals surface area contributed by atoms with Gasteiger partial charge in [-0.25, -0.2) is 8.42 Å². The summed E-state index contributed by atoms with van der Waals surface area (Å²) in [5, 5.41) is 20.6. The highest BCUT2D eigenvalue weighted by atomic mass is 32.2. The monoisotopic (exact) mass is 329 g/mol.